The number of fused-ring (bicyclic) bond motifs is 1. The number of thioether (sulfide) groups is 1. The Morgan fingerprint density at radius 3 is 2.96 bits per heavy atom. The second-order valence-corrected chi connectivity index (χ2v) is 6.05. The minimum Gasteiger partial charge on any atom is -0.383 e. The van der Waals surface area contributed by atoms with Gasteiger partial charge in [0.2, 0.25) is 5.91 Å². The number of nitrogens with one attached hydrogen (secondary N) is 2. The standard InChI is InChI=1S/C14H17ClN4O3S/c1-19-11-4-3-9(15)7-10(11)17-14(19)23-8-12(20)18-13(21)16-5-6-22-2/h3-4,7H,5-6,8H2,1-2H3,(H2,16,18,20,21). The second-order valence-electron chi connectivity index (χ2n) is 4.67. The van der Waals surface area contributed by atoms with E-state index in [2.05, 4.69) is 15.6 Å². The molecular formula is C14H17ClN4O3S. The van der Waals surface area contributed by atoms with Gasteiger partial charge in [0, 0.05) is 25.7 Å². The average molecular weight is 357 g/mol. The van der Waals surface area contributed by atoms with E-state index in [1.165, 1.54) is 18.9 Å². The van der Waals surface area contributed by atoms with E-state index in [0.717, 1.165) is 11.0 Å². The Kier molecular flexibility index (Phi) is 6.26. The molecule has 0 saturated heterocycles. The second kappa shape index (κ2) is 8.19. The topological polar surface area (TPSA) is 85.2 Å². The summed E-state index contributed by atoms with van der Waals surface area (Å²) in [5.41, 5.74) is 1.69. The zero-order valence-electron chi connectivity index (χ0n) is 12.8. The predicted molar refractivity (Wildman–Crippen MR) is 89.9 cm³/mol. The molecule has 3 amide bonds. The van der Waals surface area contributed by atoms with Gasteiger partial charge in [-0.2, -0.15) is 0 Å². The third-order valence-electron chi connectivity index (χ3n) is 2.98. The Morgan fingerprint density at radius 1 is 1.43 bits per heavy atom. The summed E-state index contributed by atoms with van der Waals surface area (Å²) in [5, 5.41) is 6.05. The number of aryl methyl sites for hydroxylation is 1. The molecule has 0 aliphatic carbocycles. The van der Waals surface area contributed by atoms with E-state index in [1.54, 1.807) is 12.1 Å². The maximum atomic E-state index is 11.8. The lowest BCUT2D eigenvalue weighted by atomic mass is 10.3. The minimum atomic E-state index is -0.538. The zero-order chi connectivity index (χ0) is 16.8. The number of imide groups is 1. The van der Waals surface area contributed by atoms with Crippen molar-refractivity contribution in [3.8, 4) is 0 Å². The van der Waals surface area contributed by atoms with Gasteiger partial charge >= 0.3 is 6.03 Å². The number of benzene rings is 1. The zero-order valence-corrected chi connectivity index (χ0v) is 14.3. The number of imidazole rings is 1. The van der Waals surface area contributed by atoms with Gasteiger partial charge in [-0.05, 0) is 18.2 Å². The lowest BCUT2D eigenvalue weighted by molar-refractivity contribution is -0.117. The maximum Gasteiger partial charge on any atom is 0.321 e. The molecule has 1 heterocycles. The van der Waals surface area contributed by atoms with Crippen molar-refractivity contribution in [1.29, 1.82) is 0 Å². The van der Waals surface area contributed by atoms with Gasteiger partial charge in [0.05, 0.1) is 23.4 Å². The van der Waals surface area contributed by atoms with Gasteiger partial charge in [0.25, 0.3) is 0 Å². The molecule has 0 atom stereocenters. The largest absolute Gasteiger partial charge is 0.383 e. The third-order valence-corrected chi connectivity index (χ3v) is 4.24. The molecule has 0 radical (unpaired) electrons. The lowest BCUT2D eigenvalue weighted by Crippen LogP contribution is -2.41. The van der Waals surface area contributed by atoms with Crippen molar-refractivity contribution in [2.24, 2.45) is 7.05 Å². The number of rotatable bonds is 6. The predicted octanol–water partition coefficient (Wildman–Crippen LogP) is 1.79. The monoisotopic (exact) mass is 356 g/mol. The summed E-state index contributed by atoms with van der Waals surface area (Å²) in [6.07, 6.45) is 0. The van der Waals surface area contributed by atoms with Gasteiger partial charge in [-0.3, -0.25) is 10.1 Å². The molecule has 1 aromatic carbocycles. The van der Waals surface area contributed by atoms with Crippen LogP contribution in [0.5, 0.6) is 0 Å². The molecule has 9 heteroatoms. The van der Waals surface area contributed by atoms with Gasteiger partial charge in [0.1, 0.15) is 0 Å². The van der Waals surface area contributed by atoms with E-state index in [0.29, 0.717) is 23.3 Å². The van der Waals surface area contributed by atoms with Crippen LogP contribution in [0, 0.1) is 0 Å². The van der Waals surface area contributed by atoms with Gasteiger partial charge in [0.15, 0.2) is 5.16 Å². The molecule has 0 saturated carbocycles. The number of hydrogen-bond donors (Lipinski definition) is 2. The molecule has 2 rings (SSSR count). The van der Waals surface area contributed by atoms with Gasteiger partial charge < -0.3 is 14.6 Å². The van der Waals surface area contributed by atoms with Crippen molar-refractivity contribution in [2.75, 3.05) is 26.0 Å². The fraction of sp³-hybridized carbons (Fsp3) is 0.357. The van der Waals surface area contributed by atoms with Crippen LogP contribution in [0.25, 0.3) is 11.0 Å². The van der Waals surface area contributed by atoms with Crippen LogP contribution >= 0.6 is 23.4 Å². The number of amides is 3. The number of aromatic nitrogens is 2. The van der Waals surface area contributed by atoms with Crippen molar-refractivity contribution in [1.82, 2.24) is 20.2 Å². The lowest BCUT2D eigenvalue weighted by Gasteiger charge is -2.06. The fourth-order valence-electron chi connectivity index (χ4n) is 1.88. The van der Waals surface area contributed by atoms with Gasteiger partial charge in [-0.15, -0.1) is 0 Å². The van der Waals surface area contributed by atoms with Crippen molar-refractivity contribution < 1.29 is 14.3 Å². The molecule has 0 fully saturated rings. The highest BCUT2D eigenvalue weighted by atomic mass is 35.5. The third kappa shape index (κ3) is 4.85. The normalized spacial score (nSPS) is 10.7. The molecule has 0 unspecified atom stereocenters. The number of carbonyl (C=O) groups is 2. The van der Waals surface area contributed by atoms with E-state index in [9.17, 15) is 9.59 Å². The number of methoxy groups -OCH3 is 1. The summed E-state index contributed by atoms with van der Waals surface area (Å²) in [7, 11) is 3.40. The van der Waals surface area contributed by atoms with Crippen LogP contribution in [0.2, 0.25) is 5.02 Å². The molecule has 0 aliphatic rings. The highest BCUT2D eigenvalue weighted by molar-refractivity contribution is 7.99. The van der Waals surface area contributed by atoms with Crippen LogP contribution in [0.1, 0.15) is 0 Å². The molecule has 2 aromatic rings. The smallest absolute Gasteiger partial charge is 0.321 e. The van der Waals surface area contributed by atoms with Crippen LogP contribution in [-0.4, -0.2) is 47.5 Å². The van der Waals surface area contributed by atoms with Crippen LogP contribution in [0.15, 0.2) is 23.4 Å². The number of nitrogens with zero attached hydrogens (tertiary/aromatic N) is 2. The summed E-state index contributed by atoms with van der Waals surface area (Å²) in [6, 6.07) is 4.89. The minimum absolute atomic E-state index is 0.0859. The molecule has 7 nitrogen and oxygen atoms in total. The van der Waals surface area contributed by atoms with E-state index in [1.807, 2.05) is 17.7 Å². The van der Waals surface area contributed by atoms with Gasteiger partial charge in [-0.1, -0.05) is 23.4 Å². The fourth-order valence-corrected chi connectivity index (χ4v) is 2.84. The molecule has 0 spiro atoms. The van der Waals surface area contributed by atoms with Crippen molar-refractivity contribution in [3.05, 3.63) is 23.2 Å². The Bertz CT molecular complexity index is 719. The highest BCUT2D eigenvalue weighted by Crippen LogP contribution is 2.24. The first-order chi connectivity index (χ1) is 11.0. The number of hydrogen-bond acceptors (Lipinski definition) is 5. The summed E-state index contributed by atoms with van der Waals surface area (Å²) in [5.74, 6) is -0.308. The van der Waals surface area contributed by atoms with E-state index in [4.69, 9.17) is 16.3 Å². The Hall–Kier alpha value is -1.77. The van der Waals surface area contributed by atoms with E-state index in [-0.39, 0.29) is 5.75 Å². The number of halogens is 1. The maximum absolute atomic E-state index is 11.8. The quantitative estimate of drug-likeness (QED) is 0.609. The van der Waals surface area contributed by atoms with Crippen molar-refractivity contribution in [2.45, 2.75) is 5.16 Å². The molecule has 23 heavy (non-hydrogen) atoms. The van der Waals surface area contributed by atoms with Crippen molar-refractivity contribution >= 4 is 46.3 Å². The molecule has 1 aromatic heterocycles. The molecule has 0 aliphatic heterocycles. The molecule has 124 valence electrons. The first-order valence-electron chi connectivity index (χ1n) is 6.82. The number of carbonyl (C=O) groups excluding carboxylic acids is 2. The van der Waals surface area contributed by atoms with E-state index < -0.39 is 11.9 Å². The van der Waals surface area contributed by atoms with E-state index >= 15 is 0 Å². The highest BCUT2D eigenvalue weighted by Gasteiger charge is 2.12. The summed E-state index contributed by atoms with van der Waals surface area (Å²) >= 11 is 7.19. The van der Waals surface area contributed by atoms with Crippen LogP contribution in [0.3, 0.4) is 0 Å². The first kappa shape index (κ1) is 17.6. The van der Waals surface area contributed by atoms with Gasteiger partial charge in [-0.25, -0.2) is 9.78 Å². The Labute approximate surface area is 142 Å². The number of urea groups is 1. The van der Waals surface area contributed by atoms with Crippen LogP contribution in [0.4, 0.5) is 4.79 Å². The first-order valence-corrected chi connectivity index (χ1v) is 8.19. The van der Waals surface area contributed by atoms with Crippen molar-refractivity contribution in [3.63, 3.8) is 0 Å². The number of ether oxygens (including phenoxy) is 1. The molecule has 0 bridgehead atoms. The average Bonchev–Trinajstić information content (AvgIpc) is 2.81. The Morgan fingerprint density at radius 2 is 2.22 bits per heavy atom. The summed E-state index contributed by atoms with van der Waals surface area (Å²) in [4.78, 5) is 27.6. The molecular weight excluding hydrogens is 340 g/mol. The van der Waals surface area contributed by atoms with Crippen LogP contribution < -0.4 is 10.6 Å². The van der Waals surface area contributed by atoms with Crippen LogP contribution in [-0.2, 0) is 16.6 Å². The summed E-state index contributed by atoms with van der Waals surface area (Å²) in [6.45, 7) is 0.729. The SMILES string of the molecule is COCCNC(=O)NC(=O)CSc1nc2cc(Cl)ccc2n1C. The summed E-state index contributed by atoms with van der Waals surface area (Å²) < 4.78 is 6.68. The Balaban J connectivity index is 1.89. The molecule has 2 N–H and O–H groups in total.